The topological polar surface area (TPSA) is 91.8 Å². The first-order chi connectivity index (χ1) is 11.2. The number of carbonyl (C=O) groups is 2. The molecule has 1 amide bonds. The summed E-state index contributed by atoms with van der Waals surface area (Å²) in [7, 11) is -3.10. The first-order valence-electron chi connectivity index (χ1n) is 8.10. The Bertz CT molecular complexity index is 741. The van der Waals surface area contributed by atoms with E-state index in [9.17, 15) is 23.1 Å². The van der Waals surface area contributed by atoms with Crippen LogP contribution in [0.3, 0.4) is 0 Å². The van der Waals surface area contributed by atoms with Crippen molar-refractivity contribution >= 4 is 21.7 Å². The average Bonchev–Trinajstić information content (AvgIpc) is 2.86. The van der Waals surface area contributed by atoms with Gasteiger partial charge in [-0.25, -0.2) is 13.2 Å². The summed E-state index contributed by atoms with van der Waals surface area (Å²) in [5.41, 5.74) is 1.05. The van der Waals surface area contributed by atoms with E-state index in [4.69, 9.17) is 0 Å². The molecule has 0 bridgehead atoms. The molecule has 1 unspecified atom stereocenters. The lowest BCUT2D eigenvalue weighted by Gasteiger charge is -2.28. The summed E-state index contributed by atoms with van der Waals surface area (Å²) in [6, 6.07) is 4.19. The maximum Gasteiger partial charge on any atom is 0.335 e. The highest BCUT2D eigenvalue weighted by Gasteiger charge is 2.34. The number of aryl methyl sites for hydroxylation is 1. The van der Waals surface area contributed by atoms with Gasteiger partial charge >= 0.3 is 5.97 Å². The van der Waals surface area contributed by atoms with Crippen LogP contribution in [0.25, 0.3) is 0 Å². The quantitative estimate of drug-likeness (QED) is 0.846. The third-order valence-electron chi connectivity index (χ3n) is 4.23. The molecule has 132 valence electrons. The van der Waals surface area contributed by atoms with E-state index >= 15 is 0 Å². The molecule has 1 aromatic carbocycles. The van der Waals surface area contributed by atoms with E-state index in [1.807, 2.05) is 6.92 Å². The lowest BCUT2D eigenvalue weighted by molar-refractivity contribution is 0.0694. The standard InChI is InChI=1S/C17H23NO5S/c1-3-4-6-18(15-5-7-24(22,23)11-15)16(19)13-8-12(2)9-14(10-13)17(20)21/h8-10,15H,3-7,11H2,1-2H3,(H,20,21). The van der Waals surface area contributed by atoms with Gasteiger partial charge in [0.15, 0.2) is 9.84 Å². The van der Waals surface area contributed by atoms with Gasteiger partial charge < -0.3 is 10.0 Å². The second-order valence-electron chi connectivity index (χ2n) is 6.30. The molecule has 1 aliphatic rings. The number of nitrogens with zero attached hydrogens (tertiary/aromatic N) is 1. The Morgan fingerprint density at radius 3 is 2.46 bits per heavy atom. The van der Waals surface area contributed by atoms with Crippen LogP contribution >= 0.6 is 0 Å². The fourth-order valence-corrected chi connectivity index (χ4v) is 4.73. The summed E-state index contributed by atoms with van der Waals surface area (Å²) in [5.74, 6) is -1.30. The number of amides is 1. The Hall–Kier alpha value is -1.89. The van der Waals surface area contributed by atoms with Gasteiger partial charge in [-0.05, 0) is 43.5 Å². The Balaban J connectivity index is 2.32. The van der Waals surface area contributed by atoms with Crippen LogP contribution in [-0.4, -0.2) is 54.4 Å². The van der Waals surface area contributed by atoms with Gasteiger partial charge in [-0.15, -0.1) is 0 Å². The summed E-state index contributed by atoms with van der Waals surface area (Å²) in [6.07, 6.45) is 2.10. The minimum Gasteiger partial charge on any atom is -0.478 e. The highest BCUT2D eigenvalue weighted by Crippen LogP contribution is 2.22. The number of aromatic carboxylic acids is 1. The van der Waals surface area contributed by atoms with Crippen LogP contribution in [0.2, 0.25) is 0 Å². The highest BCUT2D eigenvalue weighted by molar-refractivity contribution is 7.91. The van der Waals surface area contributed by atoms with Gasteiger partial charge in [0.2, 0.25) is 0 Å². The van der Waals surface area contributed by atoms with Crippen LogP contribution in [-0.2, 0) is 9.84 Å². The number of carbonyl (C=O) groups excluding carboxylic acids is 1. The van der Waals surface area contributed by atoms with Gasteiger partial charge in [-0.1, -0.05) is 13.3 Å². The van der Waals surface area contributed by atoms with Gasteiger partial charge in [0.05, 0.1) is 17.1 Å². The molecule has 7 heteroatoms. The maximum absolute atomic E-state index is 12.9. The van der Waals surface area contributed by atoms with Crippen molar-refractivity contribution in [2.24, 2.45) is 0 Å². The van der Waals surface area contributed by atoms with Gasteiger partial charge in [0.25, 0.3) is 5.91 Å². The van der Waals surface area contributed by atoms with Crippen LogP contribution < -0.4 is 0 Å². The summed E-state index contributed by atoms with van der Waals surface area (Å²) >= 11 is 0. The highest BCUT2D eigenvalue weighted by atomic mass is 32.2. The third kappa shape index (κ3) is 4.35. The number of carboxylic acid groups (broad SMARTS) is 1. The van der Waals surface area contributed by atoms with Crippen molar-refractivity contribution < 1.29 is 23.1 Å². The van der Waals surface area contributed by atoms with Crippen molar-refractivity contribution in [3.8, 4) is 0 Å². The number of benzene rings is 1. The minimum absolute atomic E-state index is 0.0138. The van der Waals surface area contributed by atoms with Crippen molar-refractivity contribution in [1.29, 1.82) is 0 Å². The predicted octanol–water partition coefficient (Wildman–Crippen LogP) is 2.12. The molecule has 24 heavy (non-hydrogen) atoms. The monoisotopic (exact) mass is 353 g/mol. The van der Waals surface area contributed by atoms with E-state index in [-0.39, 0.29) is 29.0 Å². The Kier molecular flexibility index (Phi) is 5.64. The fourth-order valence-electron chi connectivity index (χ4n) is 3.00. The van der Waals surface area contributed by atoms with E-state index in [2.05, 4.69) is 0 Å². The molecule has 2 rings (SSSR count). The van der Waals surface area contributed by atoms with E-state index < -0.39 is 15.8 Å². The van der Waals surface area contributed by atoms with Crippen molar-refractivity contribution in [2.45, 2.75) is 39.2 Å². The van der Waals surface area contributed by atoms with Gasteiger partial charge in [-0.3, -0.25) is 4.79 Å². The molecule has 0 saturated carbocycles. The van der Waals surface area contributed by atoms with E-state index in [0.717, 1.165) is 12.8 Å². The Morgan fingerprint density at radius 1 is 1.25 bits per heavy atom. The van der Waals surface area contributed by atoms with Gasteiger partial charge in [-0.2, -0.15) is 0 Å². The second kappa shape index (κ2) is 7.34. The molecule has 1 aliphatic heterocycles. The van der Waals surface area contributed by atoms with Crippen molar-refractivity contribution in [3.63, 3.8) is 0 Å². The normalized spacial score (nSPS) is 19.2. The van der Waals surface area contributed by atoms with E-state index in [1.54, 1.807) is 17.9 Å². The van der Waals surface area contributed by atoms with Crippen LogP contribution in [0.4, 0.5) is 0 Å². The SMILES string of the molecule is CCCCN(C(=O)c1cc(C)cc(C(=O)O)c1)C1CCS(=O)(=O)C1. The molecule has 0 radical (unpaired) electrons. The molecule has 0 aromatic heterocycles. The Labute approximate surface area is 142 Å². The minimum atomic E-state index is -3.10. The summed E-state index contributed by atoms with van der Waals surface area (Å²) in [6.45, 7) is 4.22. The molecule has 0 spiro atoms. The zero-order chi connectivity index (χ0) is 17.9. The summed E-state index contributed by atoms with van der Waals surface area (Å²) < 4.78 is 23.5. The number of unbranched alkanes of at least 4 members (excludes halogenated alkanes) is 1. The lowest BCUT2D eigenvalue weighted by atomic mass is 10.0. The van der Waals surface area contributed by atoms with Gasteiger partial charge in [0.1, 0.15) is 0 Å². The number of sulfone groups is 1. The van der Waals surface area contributed by atoms with Crippen LogP contribution in [0, 0.1) is 6.92 Å². The van der Waals surface area contributed by atoms with Crippen LogP contribution in [0.15, 0.2) is 18.2 Å². The van der Waals surface area contributed by atoms with Crippen LogP contribution in [0.1, 0.15) is 52.5 Å². The zero-order valence-corrected chi connectivity index (χ0v) is 14.8. The van der Waals surface area contributed by atoms with Gasteiger partial charge in [0, 0.05) is 18.2 Å². The van der Waals surface area contributed by atoms with E-state index in [1.165, 1.54) is 12.1 Å². The Morgan fingerprint density at radius 2 is 1.92 bits per heavy atom. The van der Waals surface area contributed by atoms with Crippen molar-refractivity contribution in [2.75, 3.05) is 18.1 Å². The second-order valence-corrected chi connectivity index (χ2v) is 8.53. The number of hydrogen-bond acceptors (Lipinski definition) is 4. The first kappa shape index (κ1) is 18.4. The molecular weight excluding hydrogens is 330 g/mol. The van der Waals surface area contributed by atoms with Crippen LogP contribution in [0.5, 0.6) is 0 Å². The molecule has 0 aliphatic carbocycles. The van der Waals surface area contributed by atoms with Crippen molar-refractivity contribution in [1.82, 2.24) is 4.90 Å². The molecule has 6 nitrogen and oxygen atoms in total. The number of hydrogen-bond donors (Lipinski definition) is 1. The predicted molar refractivity (Wildman–Crippen MR) is 91.1 cm³/mol. The van der Waals surface area contributed by atoms with Crippen molar-refractivity contribution in [3.05, 3.63) is 34.9 Å². The zero-order valence-electron chi connectivity index (χ0n) is 14.0. The molecule has 1 saturated heterocycles. The molecule has 1 fully saturated rings. The smallest absolute Gasteiger partial charge is 0.335 e. The largest absolute Gasteiger partial charge is 0.478 e. The van der Waals surface area contributed by atoms with E-state index in [0.29, 0.717) is 24.1 Å². The molecule has 1 N–H and O–H groups in total. The summed E-state index contributed by atoms with van der Waals surface area (Å²) in [5, 5.41) is 9.17. The third-order valence-corrected chi connectivity index (χ3v) is 5.98. The number of carboxylic acids is 1. The maximum atomic E-state index is 12.9. The molecular formula is C17H23NO5S. The first-order valence-corrected chi connectivity index (χ1v) is 9.92. The molecule has 1 heterocycles. The summed E-state index contributed by atoms with van der Waals surface area (Å²) in [4.78, 5) is 25.7. The molecule has 1 aromatic rings. The fraction of sp³-hybridized carbons (Fsp3) is 0.529. The number of rotatable bonds is 6. The average molecular weight is 353 g/mol. The lowest BCUT2D eigenvalue weighted by Crippen LogP contribution is -2.41. The molecule has 1 atom stereocenters.